The molecule has 0 radical (unpaired) electrons. The van der Waals surface area contributed by atoms with Gasteiger partial charge < -0.3 is 25.4 Å². The number of aliphatic hydroxyl groups is 1. The van der Waals surface area contributed by atoms with E-state index >= 15 is 0 Å². The van der Waals surface area contributed by atoms with E-state index in [0.717, 1.165) is 44.6 Å². The number of pyridine rings is 1. The normalized spacial score (nSPS) is 23.5. The summed E-state index contributed by atoms with van der Waals surface area (Å²) < 4.78 is 5.43. The number of ether oxygens (including phenoxy) is 1. The summed E-state index contributed by atoms with van der Waals surface area (Å²) in [6.07, 6.45) is 4.64. The Hall–Kier alpha value is -2.03. The molecule has 1 amide bonds. The summed E-state index contributed by atoms with van der Waals surface area (Å²) in [5.41, 5.74) is 1.37. The third-order valence-electron chi connectivity index (χ3n) is 5.49. The van der Waals surface area contributed by atoms with Gasteiger partial charge in [-0.05, 0) is 44.7 Å². The molecule has 28 heavy (non-hydrogen) atoms. The molecule has 8 nitrogen and oxygen atoms in total. The lowest BCUT2D eigenvalue weighted by molar-refractivity contribution is 0.0673. The molecule has 3 rings (SSSR count). The van der Waals surface area contributed by atoms with Crippen molar-refractivity contribution in [2.75, 3.05) is 37.8 Å². The Kier molecular flexibility index (Phi) is 6.98. The summed E-state index contributed by atoms with van der Waals surface area (Å²) in [4.78, 5) is 19.2. The maximum atomic E-state index is 12.6. The molecule has 2 fully saturated rings. The number of amidine groups is 1. The third kappa shape index (κ3) is 5.06. The van der Waals surface area contributed by atoms with Crippen LogP contribution in [0.3, 0.4) is 0 Å². The van der Waals surface area contributed by atoms with E-state index in [0.29, 0.717) is 24.0 Å². The topological polar surface area (TPSA) is 111 Å². The number of piperidine rings is 1. The molecule has 2 unspecified atom stereocenters. The van der Waals surface area contributed by atoms with E-state index in [1.807, 2.05) is 6.92 Å². The Morgan fingerprint density at radius 2 is 2.14 bits per heavy atom. The minimum absolute atomic E-state index is 0.0695. The van der Waals surface area contributed by atoms with Gasteiger partial charge in [0.1, 0.15) is 5.82 Å². The number of rotatable bonds is 5. The Morgan fingerprint density at radius 3 is 2.82 bits per heavy atom. The van der Waals surface area contributed by atoms with Crippen molar-refractivity contribution in [1.82, 2.24) is 15.6 Å². The average Bonchev–Trinajstić information content (AvgIpc) is 2.68. The van der Waals surface area contributed by atoms with E-state index < -0.39 is 0 Å². The van der Waals surface area contributed by atoms with Crippen LogP contribution in [-0.2, 0) is 4.74 Å². The predicted molar refractivity (Wildman–Crippen MR) is 108 cm³/mol. The first kappa shape index (κ1) is 20.7. The predicted octanol–water partition coefficient (Wildman–Crippen LogP) is 1.07. The number of amides is 1. The molecule has 0 aromatic carbocycles. The fraction of sp³-hybridized carbons (Fsp3) is 0.650. The number of hydrogen-bond donors (Lipinski definition) is 4. The van der Waals surface area contributed by atoms with Crippen LogP contribution in [0.4, 0.5) is 5.82 Å². The van der Waals surface area contributed by atoms with Gasteiger partial charge >= 0.3 is 0 Å². The highest BCUT2D eigenvalue weighted by Crippen LogP contribution is 2.26. The first-order valence-electron chi connectivity index (χ1n) is 10.0. The molecule has 2 aliphatic heterocycles. The maximum Gasteiger partial charge on any atom is 0.260 e. The minimum Gasteiger partial charge on any atom is -0.396 e. The Balaban J connectivity index is 1.73. The summed E-state index contributed by atoms with van der Waals surface area (Å²) in [6.45, 7) is 6.50. The lowest BCUT2D eigenvalue weighted by atomic mass is 9.91. The average molecular weight is 390 g/mol. The minimum atomic E-state index is -0.318. The van der Waals surface area contributed by atoms with Crippen LogP contribution in [0.1, 0.15) is 42.1 Å². The lowest BCUT2D eigenvalue weighted by Gasteiger charge is -2.41. The van der Waals surface area contributed by atoms with Crippen LogP contribution in [0.5, 0.6) is 0 Å². The van der Waals surface area contributed by atoms with Gasteiger partial charge in [0, 0.05) is 57.1 Å². The molecular weight excluding hydrogens is 358 g/mol. The number of carbonyl (C=O) groups excluding carboxylic acids is 1. The molecule has 1 aromatic rings. The molecule has 154 valence electrons. The van der Waals surface area contributed by atoms with Crippen molar-refractivity contribution in [3.63, 3.8) is 0 Å². The molecule has 4 N–H and O–H groups in total. The summed E-state index contributed by atoms with van der Waals surface area (Å²) in [7, 11) is 0. The summed E-state index contributed by atoms with van der Waals surface area (Å²) in [5.74, 6) is 0.471. The van der Waals surface area contributed by atoms with E-state index in [1.165, 1.54) is 6.92 Å². The van der Waals surface area contributed by atoms with Crippen molar-refractivity contribution in [2.45, 2.75) is 45.2 Å². The number of hydrogen-bond acceptors (Lipinski definition) is 7. The van der Waals surface area contributed by atoms with Crippen molar-refractivity contribution >= 4 is 17.6 Å². The Labute approximate surface area is 166 Å². The van der Waals surface area contributed by atoms with Gasteiger partial charge in [0.2, 0.25) is 0 Å². The van der Waals surface area contributed by atoms with Crippen molar-refractivity contribution in [3.8, 4) is 0 Å². The molecule has 2 aliphatic rings. The number of aromatic nitrogens is 1. The third-order valence-corrected chi connectivity index (χ3v) is 5.49. The van der Waals surface area contributed by atoms with Gasteiger partial charge in [0.25, 0.3) is 5.91 Å². The quantitative estimate of drug-likeness (QED) is 0.443. The highest BCUT2D eigenvalue weighted by atomic mass is 16.5. The van der Waals surface area contributed by atoms with Gasteiger partial charge in [0.05, 0.1) is 11.4 Å². The molecule has 0 spiro atoms. The zero-order valence-electron chi connectivity index (χ0n) is 16.7. The van der Waals surface area contributed by atoms with Gasteiger partial charge in [-0.15, -0.1) is 0 Å². The Morgan fingerprint density at radius 1 is 1.39 bits per heavy atom. The van der Waals surface area contributed by atoms with E-state index in [4.69, 9.17) is 10.1 Å². The number of carbonyl (C=O) groups is 1. The summed E-state index contributed by atoms with van der Waals surface area (Å²) in [6, 6.07) is 2.49. The molecular formula is C20H31N5O3. The molecule has 8 heteroatoms. The number of nitrogens with zero attached hydrogens (tertiary/aromatic N) is 2. The largest absolute Gasteiger partial charge is 0.396 e. The molecule has 2 atom stereocenters. The number of aryl methyl sites for hydroxylation is 1. The van der Waals surface area contributed by atoms with Crippen LogP contribution < -0.4 is 15.5 Å². The van der Waals surface area contributed by atoms with Crippen LogP contribution >= 0.6 is 0 Å². The number of aliphatic hydroxyl groups excluding tert-OH is 1. The van der Waals surface area contributed by atoms with Crippen LogP contribution in [0, 0.1) is 18.3 Å². The van der Waals surface area contributed by atoms with Gasteiger partial charge in [0.15, 0.2) is 0 Å². The highest BCUT2D eigenvalue weighted by Gasteiger charge is 2.32. The van der Waals surface area contributed by atoms with Crippen molar-refractivity contribution < 1.29 is 14.6 Å². The van der Waals surface area contributed by atoms with Crippen molar-refractivity contribution in [1.29, 1.82) is 5.41 Å². The van der Waals surface area contributed by atoms with Crippen LogP contribution in [-0.4, -0.2) is 66.8 Å². The zero-order chi connectivity index (χ0) is 20.1. The molecule has 0 bridgehead atoms. The fourth-order valence-electron chi connectivity index (χ4n) is 4.01. The Bertz CT molecular complexity index is 705. The SMILES string of the molecule is CC(=N)NC(=O)c1cc(C)cnc1N1CCC(NC2CCOCC2)C(CO)C1. The molecule has 1 aromatic heterocycles. The standard InChI is InChI=1S/C20H31N5O3/c1-13-9-17(20(27)23-14(2)21)19(22-10-13)25-6-3-18(15(11-25)12-26)24-16-4-7-28-8-5-16/h9-10,15-16,18,24,26H,3-8,11-12H2,1-2H3,(H2,21,23,27). The van der Waals surface area contributed by atoms with E-state index in [-0.39, 0.29) is 30.3 Å². The first-order valence-corrected chi connectivity index (χ1v) is 10.0. The smallest absolute Gasteiger partial charge is 0.260 e. The van der Waals surface area contributed by atoms with Crippen LogP contribution in [0.2, 0.25) is 0 Å². The second kappa shape index (κ2) is 9.45. The molecule has 3 heterocycles. The first-order chi connectivity index (χ1) is 13.5. The molecule has 0 aliphatic carbocycles. The van der Waals surface area contributed by atoms with Crippen LogP contribution in [0.25, 0.3) is 0 Å². The lowest BCUT2D eigenvalue weighted by Crippen LogP contribution is -2.54. The number of nitrogens with one attached hydrogen (secondary N) is 3. The van der Waals surface area contributed by atoms with Crippen LogP contribution in [0.15, 0.2) is 12.3 Å². The van der Waals surface area contributed by atoms with Crippen molar-refractivity contribution in [2.24, 2.45) is 5.92 Å². The summed E-state index contributed by atoms with van der Waals surface area (Å²) in [5, 5.41) is 23.8. The number of anilines is 1. The van der Waals surface area contributed by atoms with Gasteiger partial charge in [-0.3, -0.25) is 10.2 Å². The maximum absolute atomic E-state index is 12.6. The van der Waals surface area contributed by atoms with Gasteiger partial charge in [-0.1, -0.05) is 0 Å². The van der Waals surface area contributed by atoms with Gasteiger partial charge in [-0.25, -0.2) is 4.98 Å². The van der Waals surface area contributed by atoms with E-state index in [9.17, 15) is 9.90 Å². The monoisotopic (exact) mass is 389 g/mol. The molecule has 0 saturated carbocycles. The van der Waals surface area contributed by atoms with E-state index in [1.54, 1.807) is 12.3 Å². The van der Waals surface area contributed by atoms with Crippen molar-refractivity contribution in [3.05, 3.63) is 23.4 Å². The van der Waals surface area contributed by atoms with Gasteiger partial charge in [-0.2, -0.15) is 0 Å². The summed E-state index contributed by atoms with van der Waals surface area (Å²) >= 11 is 0. The second-order valence-electron chi connectivity index (χ2n) is 7.80. The zero-order valence-corrected chi connectivity index (χ0v) is 16.7. The van der Waals surface area contributed by atoms with E-state index in [2.05, 4.69) is 20.5 Å². The molecule has 2 saturated heterocycles. The second-order valence-corrected chi connectivity index (χ2v) is 7.80. The highest BCUT2D eigenvalue weighted by molar-refractivity contribution is 6.07. The fourth-order valence-corrected chi connectivity index (χ4v) is 4.01.